The highest BCUT2D eigenvalue weighted by atomic mass is 16.4. The molecule has 1 rings (SSSR count). The molecule has 0 saturated carbocycles. The zero-order valence-corrected chi connectivity index (χ0v) is 8.56. The van der Waals surface area contributed by atoms with Gasteiger partial charge in [-0.05, 0) is 0 Å². The molecular weight excluding hydrogens is 200 g/mol. The fraction of sp³-hybridized carbons (Fsp3) is 0.444. The number of rotatable bonds is 4. The molecule has 0 radical (unpaired) electrons. The van der Waals surface area contributed by atoms with Crippen molar-refractivity contribution in [2.75, 3.05) is 13.6 Å². The lowest BCUT2D eigenvalue weighted by atomic mass is 10.3. The third-order valence-corrected chi connectivity index (χ3v) is 1.84. The predicted octanol–water partition coefficient (Wildman–Crippen LogP) is 0.530. The van der Waals surface area contributed by atoms with Crippen LogP contribution < -0.4 is 0 Å². The summed E-state index contributed by atoms with van der Waals surface area (Å²) in [6, 6.07) is 0. The maximum atomic E-state index is 11.6. The molecule has 0 atom stereocenters. The first-order valence-corrected chi connectivity index (χ1v) is 4.40. The van der Waals surface area contributed by atoms with E-state index >= 15 is 0 Å². The molecule has 1 heterocycles. The van der Waals surface area contributed by atoms with Crippen molar-refractivity contribution in [1.82, 2.24) is 9.88 Å². The number of aromatic nitrogens is 1. The standard InChI is InChI=1S/C9H12N2O4/c1-6-10-5-7(15-6)9(14)11(2)4-3-8(12)13/h5H,3-4H2,1-2H3,(H,12,13). The Bertz CT molecular complexity index is 372. The molecular formula is C9H12N2O4. The summed E-state index contributed by atoms with van der Waals surface area (Å²) in [7, 11) is 1.52. The Balaban J connectivity index is 2.57. The normalized spacial score (nSPS) is 10.0. The van der Waals surface area contributed by atoms with E-state index in [0.717, 1.165) is 0 Å². The van der Waals surface area contributed by atoms with Crippen LogP contribution in [-0.2, 0) is 4.79 Å². The number of hydrogen-bond donors (Lipinski definition) is 1. The number of oxazole rings is 1. The fourth-order valence-corrected chi connectivity index (χ4v) is 1.01. The van der Waals surface area contributed by atoms with E-state index in [0.29, 0.717) is 5.89 Å². The molecule has 1 aromatic heterocycles. The number of carbonyl (C=O) groups excluding carboxylic acids is 1. The third kappa shape index (κ3) is 3.08. The molecule has 6 nitrogen and oxygen atoms in total. The summed E-state index contributed by atoms with van der Waals surface area (Å²) in [5.74, 6) is -0.773. The molecule has 6 heteroatoms. The minimum atomic E-state index is -0.941. The number of hydrogen-bond acceptors (Lipinski definition) is 4. The Morgan fingerprint density at radius 3 is 2.73 bits per heavy atom. The van der Waals surface area contributed by atoms with Crippen LogP contribution in [0, 0.1) is 6.92 Å². The highest BCUT2D eigenvalue weighted by Crippen LogP contribution is 2.05. The van der Waals surface area contributed by atoms with Gasteiger partial charge in [-0.1, -0.05) is 0 Å². The van der Waals surface area contributed by atoms with Crippen LogP contribution in [0.5, 0.6) is 0 Å². The number of aliphatic carboxylic acids is 1. The van der Waals surface area contributed by atoms with Crippen LogP contribution in [-0.4, -0.2) is 40.5 Å². The SMILES string of the molecule is Cc1ncc(C(=O)N(C)CCC(=O)O)o1. The summed E-state index contributed by atoms with van der Waals surface area (Å²) in [6.07, 6.45) is 1.24. The number of carboxylic acid groups (broad SMARTS) is 1. The summed E-state index contributed by atoms with van der Waals surface area (Å²) in [5, 5.41) is 8.45. The van der Waals surface area contributed by atoms with Crippen molar-refractivity contribution < 1.29 is 19.1 Å². The fourth-order valence-electron chi connectivity index (χ4n) is 1.01. The number of nitrogens with zero attached hydrogens (tertiary/aromatic N) is 2. The molecule has 0 fully saturated rings. The average Bonchev–Trinajstić information content (AvgIpc) is 2.60. The van der Waals surface area contributed by atoms with Gasteiger partial charge in [-0.2, -0.15) is 0 Å². The van der Waals surface area contributed by atoms with Gasteiger partial charge >= 0.3 is 5.97 Å². The maximum Gasteiger partial charge on any atom is 0.305 e. The topological polar surface area (TPSA) is 83.6 Å². The minimum absolute atomic E-state index is 0.0879. The van der Waals surface area contributed by atoms with Crippen LogP contribution in [0.1, 0.15) is 22.9 Å². The van der Waals surface area contributed by atoms with Gasteiger partial charge in [-0.3, -0.25) is 9.59 Å². The Morgan fingerprint density at radius 1 is 1.60 bits per heavy atom. The first-order valence-electron chi connectivity index (χ1n) is 4.40. The molecule has 82 valence electrons. The quantitative estimate of drug-likeness (QED) is 0.787. The number of aryl methyl sites for hydroxylation is 1. The zero-order chi connectivity index (χ0) is 11.4. The van der Waals surface area contributed by atoms with Crippen LogP contribution >= 0.6 is 0 Å². The van der Waals surface area contributed by atoms with E-state index in [1.165, 1.54) is 18.1 Å². The molecule has 0 saturated heterocycles. The summed E-state index contributed by atoms with van der Waals surface area (Å²) in [5.41, 5.74) is 0. The first-order chi connectivity index (χ1) is 7.00. The van der Waals surface area contributed by atoms with E-state index < -0.39 is 5.97 Å². The molecule has 0 aliphatic carbocycles. The van der Waals surface area contributed by atoms with E-state index in [9.17, 15) is 9.59 Å². The van der Waals surface area contributed by atoms with Crippen molar-refractivity contribution in [1.29, 1.82) is 0 Å². The first kappa shape index (κ1) is 11.2. The molecule has 0 spiro atoms. The largest absolute Gasteiger partial charge is 0.481 e. The van der Waals surface area contributed by atoms with Gasteiger partial charge < -0.3 is 14.4 Å². The third-order valence-electron chi connectivity index (χ3n) is 1.84. The van der Waals surface area contributed by atoms with Gasteiger partial charge in [-0.25, -0.2) is 4.98 Å². The Labute approximate surface area is 86.5 Å². The second-order valence-electron chi connectivity index (χ2n) is 3.11. The van der Waals surface area contributed by atoms with E-state index in [2.05, 4.69) is 4.98 Å². The van der Waals surface area contributed by atoms with Crippen LogP contribution in [0.4, 0.5) is 0 Å². The summed E-state index contributed by atoms with van der Waals surface area (Å²) in [6.45, 7) is 1.78. The molecule has 0 aliphatic heterocycles. The maximum absolute atomic E-state index is 11.6. The van der Waals surface area contributed by atoms with E-state index in [1.54, 1.807) is 6.92 Å². The van der Waals surface area contributed by atoms with E-state index in [1.807, 2.05) is 0 Å². The second kappa shape index (κ2) is 4.59. The molecule has 1 aromatic rings. The van der Waals surface area contributed by atoms with Crippen molar-refractivity contribution in [2.24, 2.45) is 0 Å². The average molecular weight is 212 g/mol. The van der Waals surface area contributed by atoms with Gasteiger partial charge in [0.1, 0.15) is 0 Å². The van der Waals surface area contributed by atoms with Gasteiger partial charge in [0.2, 0.25) is 5.76 Å². The van der Waals surface area contributed by atoms with E-state index in [4.69, 9.17) is 9.52 Å². The predicted molar refractivity (Wildman–Crippen MR) is 50.5 cm³/mol. The molecule has 1 N–H and O–H groups in total. The number of amides is 1. The highest BCUT2D eigenvalue weighted by Gasteiger charge is 2.16. The molecule has 0 unspecified atom stereocenters. The summed E-state index contributed by atoms with van der Waals surface area (Å²) in [4.78, 5) is 26.9. The van der Waals surface area contributed by atoms with Gasteiger partial charge in [0.25, 0.3) is 5.91 Å². The van der Waals surface area contributed by atoms with Crippen molar-refractivity contribution in [3.05, 3.63) is 17.8 Å². The van der Waals surface area contributed by atoms with Crippen LogP contribution in [0.15, 0.2) is 10.6 Å². The Kier molecular flexibility index (Phi) is 3.43. The number of carbonyl (C=O) groups is 2. The Hall–Kier alpha value is -1.85. The van der Waals surface area contributed by atoms with Gasteiger partial charge in [0.15, 0.2) is 5.89 Å². The lowest BCUT2D eigenvalue weighted by Gasteiger charge is -2.13. The summed E-state index contributed by atoms with van der Waals surface area (Å²) >= 11 is 0. The second-order valence-corrected chi connectivity index (χ2v) is 3.11. The lowest BCUT2D eigenvalue weighted by molar-refractivity contribution is -0.137. The smallest absolute Gasteiger partial charge is 0.305 e. The highest BCUT2D eigenvalue weighted by molar-refractivity contribution is 5.91. The van der Waals surface area contributed by atoms with Crippen LogP contribution in [0.3, 0.4) is 0 Å². The molecule has 0 aliphatic rings. The molecule has 15 heavy (non-hydrogen) atoms. The van der Waals surface area contributed by atoms with Crippen LogP contribution in [0.2, 0.25) is 0 Å². The summed E-state index contributed by atoms with van der Waals surface area (Å²) < 4.78 is 5.02. The van der Waals surface area contributed by atoms with Crippen LogP contribution in [0.25, 0.3) is 0 Å². The van der Waals surface area contributed by atoms with E-state index in [-0.39, 0.29) is 24.6 Å². The van der Waals surface area contributed by atoms with Crippen molar-refractivity contribution in [3.63, 3.8) is 0 Å². The number of carboxylic acids is 1. The molecule has 0 aromatic carbocycles. The zero-order valence-electron chi connectivity index (χ0n) is 8.56. The Morgan fingerprint density at radius 2 is 2.27 bits per heavy atom. The van der Waals surface area contributed by atoms with Gasteiger partial charge in [-0.15, -0.1) is 0 Å². The monoisotopic (exact) mass is 212 g/mol. The minimum Gasteiger partial charge on any atom is -0.481 e. The van der Waals surface area contributed by atoms with Crippen molar-refractivity contribution >= 4 is 11.9 Å². The van der Waals surface area contributed by atoms with Gasteiger partial charge in [0, 0.05) is 20.5 Å². The molecule has 1 amide bonds. The van der Waals surface area contributed by atoms with Crippen molar-refractivity contribution in [3.8, 4) is 0 Å². The molecule has 0 bridgehead atoms. The lowest BCUT2D eigenvalue weighted by Crippen LogP contribution is -2.28. The van der Waals surface area contributed by atoms with Crippen molar-refractivity contribution in [2.45, 2.75) is 13.3 Å². The van der Waals surface area contributed by atoms with Gasteiger partial charge in [0.05, 0.1) is 12.6 Å².